The lowest BCUT2D eigenvalue weighted by Crippen LogP contribution is -1.97. The van der Waals surface area contributed by atoms with E-state index in [-0.39, 0.29) is 0 Å². The molecule has 0 aliphatic rings. The molecular weight excluding hydrogens is 331 g/mol. The van der Waals surface area contributed by atoms with Crippen molar-refractivity contribution < 1.29 is 0 Å². The second-order valence-electron chi connectivity index (χ2n) is 3.06. The van der Waals surface area contributed by atoms with Crippen molar-refractivity contribution in [1.82, 2.24) is 4.98 Å². The van der Waals surface area contributed by atoms with Gasteiger partial charge in [0.15, 0.2) is 4.47 Å². The molecule has 0 saturated carbocycles. The second kappa shape index (κ2) is 5.36. The fourth-order valence-electron chi connectivity index (χ4n) is 1.18. The predicted octanol–water partition coefficient (Wildman–Crippen LogP) is 4.82. The monoisotopic (exact) mass is 336 g/mol. The fraction of sp³-hybridized carbons (Fsp3) is 0.100. The van der Waals surface area contributed by atoms with Crippen molar-refractivity contribution in [2.75, 3.05) is 5.32 Å². The zero-order chi connectivity index (χ0) is 11.5. The number of hydrogen-bond donors (Lipinski definition) is 1. The van der Waals surface area contributed by atoms with Crippen LogP contribution in [0.25, 0.3) is 0 Å². The Kier molecular flexibility index (Phi) is 4.08. The maximum absolute atomic E-state index is 6.07. The summed E-state index contributed by atoms with van der Waals surface area (Å²) < 4.78 is 1.52. The van der Waals surface area contributed by atoms with Crippen molar-refractivity contribution in [3.8, 4) is 0 Å². The zero-order valence-corrected chi connectivity index (χ0v) is 11.9. The molecule has 0 spiro atoms. The van der Waals surface area contributed by atoms with Gasteiger partial charge in [-0.15, -0.1) is 11.3 Å². The third kappa shape index (κ3) is 3.10. The number of nitrogens with one attached hydrogen (secondary N) is 1. The Morgan fingerprint density at radius 2 is 2.19 bits per heavy atom. The lowest BCUT2D eigenvalue weighted by molar-refractivity contribution is 1.17. The van der Waals surface area contributed by atoms with Gasteiger partial charge in [-0.25, -0.2) is 4.98 Å². The summed E-state index contributed by atoms with van der Waals surface area (Å²) in [4.78, 5) is 5.04. The van der Waals surface area contributed by atoms with Gasteiger partial charge >= 0.3 is 0 Å². The quantitative estimate of drug-likeness (QED) is 0.868. The number of benzene rings is 1. The molecule has 0 saturated heterocycles. The van der Waals surface area contributed by atoms with E-state index < -0.39 is 0 Å². The van der Waals surface area contributed by atoms with Crippen molar-refractivity contribution in [3.63, 3.8) is 0 Å². The highest BCUT2D eigenvalue weighted by molar-refractivity contribution is 9.10. The molecule has 1 N–H and O–H groups in total. The maximum atomic E-state index is 6.07. The summed E-state index contributed by atoms with van der Waals surface area (Å²) in [6.07, 6.45) is 1.76. The molecule has 0 amide bonds. The molecule has 0 radical (unpaired) electrons. The van der Waals surface area contributed by atoms with Crippen LogP contribution in [0.15, 0.2) is 28.9 Å². The summed E-state index contributed by atoms with van der Waals surface area (Å²) in [7, 11) is 0. The lowest BCUT2D eigenvalue weighted by Gasteiger charge is -2.06. The third-order valence-corrected chi connectivity index (χ3v) is 3.83. The first-order valence-corrected chi connectivity index (χ1v) is 6.81. The number of rotatable bonds is 3. The number of thiazole rings is 1. The first-order valence-electron chi connectivity index (χ1n) is 4.44. The lowest BCUT2D eigenvalue weighted by atomic mass is 10.3. The van der Waals surface area contributed by atoms with Gasteiger partial charge in [-0.1, -0.05) is 39.1 Å². The highest BCUT2D eigenvalue weighted by Gasteiger charge is 2.02. The molecule has 1 heterocycles. The first-order chi connectivity index (χ1) is 7.65. The van der Waals surface area contributed by atoms with E-state index in [1.165, 1.54) is 11.3 Å². The molecule has 84 valence electrons. The van der Waals surface area contributed by atoms with Crippen LogP contribution in [0.4, 0.5) is 5.69 Å². The Bertz CT molecular complexity index is 501. The summed E-state index contributed by atoms with van der Waals surface area (Å²) in [5.41, 5.74) is 0.898. The van der Waals surface area contributed by atoms with E-state index in [1.54, 1.807) is 6.20 Å². The molecule has 16 heavy (non-hydrogen) atoms. The van der Waals surface area contributed by atoms with Gasteiger partial charge in [-0.2, -0.15) is 0 Å². The Hall–Kier alpha value is -0.290. The molecule has 2 nitrogen and oxygen atoms in total. The number of nitrogens with zero attached hydrogens (tertiary/aromatic N) is 1. The van der Waals surface area contributed by atoms with Crippen LogP contribution >= 0.6 is 50.5 Å². The fourth-order valence-corrected chi connectivity index (χ4v) is 2.84. The van der Waals surface area contributed by atoms with Gasteiger partial charge in [-0.3, -0.25) is 0 Å². The molecule has 6 heteroatoms. The highest BCUT2D eigenvalue weighted by Crippen LogP contribution is 2.26. The van der Waals surface area contributed by atoms with E-state index >= 15 is 0 Å². The van der Waals surface area contributed by atoms with Gasteiger partial charge in [0.1, 0.15) is 0 Å². The van der Waals surface area contributed by atoms with Crippen molar-refractivity contribution in [1.29, 1.82) is 0 Å². The summed E-state index contributed by atoms with van der Waals surface area (Å²) in [6, 6.07) is 5.71. The van der Waals surface area contributed by atoms with Gasteiger partial charge < -0.3 is 5.32 Å². The summed E-state index contributed by atoms with van der Waals surface area (Å²) in [5, 5.41) is 3.91. The topological polar surface area (TPSA) is 24.9 Å². The van der Waals surface area contributed by atoms with Crippen LogP contribution in [0.5, 0.6) is 0 Å². The van der Waals surface area contributed by atoms with Gasteiger partial charge in [-0.05, 0) is 18.2 Å². The maximum Gasteiger partial charge on any atom is 0.183 e. The van der Waals surface area contributed by atoms with E-state index in [0.29, 0.717) is 16.0 Å². The Morgan fingerprint density at radius 3 is 2.81 bits per heavy atom. The molecule has 2 rings (SSSR count). The zero-order valence-electron chi connectivity index (χ0n) is 8.01. The molecule has 0 aliphatic heterocycles. The highest BCUT2D eigenvalue weighted by atomic mass is 79.9. The molecule has 0 atom stereocenters. The molecular formula is C10H7BrCl2N2S. The first kappa shape index (κ1) is 12.2. The van der Waals surface area contributed by atoms with Gasteiger partial charge in [0.25, 0.3) is 0 Å². The normalized spacial score (nSPS) is 10.4. The summed E-state index contributed by atoms with van der Waals surface area (Å²) >= 11 is 16.6. The smallest absolute Gasteiger partial charge is 0.183 e. The van der Waals surface area contributed by atoms with E-state index in [4.69, 9.17) is 23.2 Å². The van der Waals surface area contributed by atoms with E-state index in [0.717, 1.165) is 15.0 Å². The van der Waals surface area contributed by atoms with Gasteiger partial charge in [0.05, 0.1) is 17.3 Å². The largest absolute Gasteiger partial charge is 0.379 e. The van der Waals surface area contributed by atoms with Crippen molar-refractivity contribution in [3.05, 3.63) is 43.2 Å². The Morgan fingerprint density at radius 1 is 1.38 bits per heavy atom. The molecule has 0 fully saturated rings. The Balaban J connectivity index is 2.04. The third-order valence-electron chi connectivity index (χ3n) is 1.91. The van der Waals surface area contributed by atoms with Crippen LogP contribution < -0.4 is 5.32 Å². The Labute approximate surface area is 116 Å². The predicted molar refractivity (Wildman–Crippen MR) is 73.6 cm³/mol. The summed E-state index contributed by atoms with van der Waals surface area (Å²) in [5.74, 6) is 0. The molecule has 1 aromatic heterocycles. The summed E-state index contributed by atoms with van der Waals surface area (Å²) in [6.45, 7) is 0.672. The SMILES string of the molecule is Clc1ncc(CNc2ccc(Br)cc2Cl)s1. The van der Waals surface area contributed by atoms with E-state index in [2.05, 4.69) is 26.2 Å². The minimum Gasteiger partial charge on any atom is -0.379 e. The van der Waals surface area contributed by atoms with Crippen molar-refractivity contribution in [2.24, 2.45) is 0 Å². The van der Waals surface area contributed by atoms with Crippen LogP contribution in [-0.4, -0.2) is 4.98 Å². The second-order valence-corrected chi connectivity index (χ2v) is 6.08. The van der Waals surface area contributed by atoms with Crippen LogP contribution in [0.2, 0.25) is 9.49 Å². The number of anilines is 1. The van der Waals surface area contributed by atoms with Crippen LogP contribution in [0.3, 0.4) is 0 Å². The number of halogens is 3. The number of hydrogen-bond acceptors (Lipinski definition) is 3. The molecule has 0 aliphatic carbocycles. The molecule has 0 bridgehead atoms. The molecule has 2 aromatic rings. The average molecular weight is 338 g/mol. The molecule has 0 unspecified atom stereocenters. The van der Waals surface area contributed by atoms with E-state index in [9.17, 15) is 0 Å². The molecule has 1 aromatic carbocycles. The minimum atomic E-state index is 0.554. The van der Waals surface area contributed by atoms with Crippen LogP contribution in [0.1, 0.15) is 4.88 Å². The average Bonchev–Trinajstić information content (AvgIpc) is 2.63. The van der Waals surface area contributed by atoms with Crippen LogP contribution in [0, 0.1) is 0 Å². The van der Waals surface area contributed by atoms with Gasteiger partial charge in [0.2, 0.25) is 0 Å². The van der Waals surface area contributed by atoms with E-state index in [1.807, 2.05) is 18.2 Å². The van der Waals surface area contributed by atoms with Gasteiger partial charge in [0, 0.05) is 15.5 Å². The van der Waals surface area contributed by atoms with Crippen molar-refractivity contribution >= 4 is 56.2 Å². The van der Waals surface area contributed by atoms with Crippen LogP contribution in [-0.2, 0) is 6.54 Å². The van der Waals surface area contributed by atoms with Crippen molar-refractivity contribution in [2.45, 2.75) is 6.54 Å². The number of aromatic nitrogens is 1. The minimum absolute atomic E-state index is 0.554. The standard InChI is InChI=1S/C10H7BrCl2N2S/c11-6-1-2-9(8(12)3-6)14-4-7-5-15-10(13)16-7/h1-3,5,14H,4H2.